The lowest BCUT2D eigenvalue weighted by Crippen LogP contribution is -2.47. The predicted molar refractivity (Wildman–Crippen MR) is 78.1 cm³/mol. The number of benzene rings is 1. The molecule has 1 N–H and O–H groups in total. The van der Waals surface area contributed by atoms with Gasteiger partial charge in [-0.1, -0.05) is 6.07 Å². The van der Waals surface area contributed by atoms with E-state index in [1.165, 1.54) is 28.4 Å². The lowest BCUT2D eigenvalue weighted by atomic mass is 10.0. The summed E-state index contributed by atoms with van der Waals surface area (Å²) in [7, 11) is 0. The summed E-state index contributed by atoms with van der Waals surface area (Å²) in [6.07, 6.45) is 2.12. The molecule has 1 atom stereocenters. The quantitative estimate of drug-likeness (QED) is 0.927. The van der Waals surface area contributed by atoms with E-state index < -0.39 is 12.0 Å². The zero-order valence-corrected chi connectivity index (χ0v) is 12.0. The van der Waals surface area contributed by atoms with Crippen molar-refractivity contribution in [2.45, 2.75) is 25.3 Å². The highest BCUT2D eigenvalue weighted by molar-refractivity contribution is 7.20. The van der Waals surface area contributed by atoms with Crippen LogP contribution in [0.3, 0.4) is 0 Å². The molecule has 0 bridgehead atoms. The van der Waals surface area contributed by atoms with Crippen molar-refractivity contribution in [1.29, 1.82) is 0 Å². The molecule has 0 radical (unpaired) electrons. The number of piperidine rings is 1. The van der Waals surface area contributed by atoms with Gasteiger partial charge in [-0.25, -0.2) is 9.18 Å². The minimum atomic E-state index is -0.963. The molecule has 4 nitrogen and oxygen atoms in total. The van der Waals surface area contributed by atoms with Gasteiger partial charge in [-0.05, 0) is 42.8 Å². The SMILES string of the molecule is O=C(O)[C@@H]1CCCCN1C(=O)c1cc2ccc(F)cc2s1. The van der Waals surface area contributed by atoms with E-state index in [4.69, 9.17) is 0 Å². The lowest BCUT2D eigenvalue weighted by Gasteiger charge is -2.32. The van der Waals surface area contributed by atoms with Gasteiger partial charge < -0.3 is 10.0 Å². The van der Waals surface area contributed by atoms with Crippen LogP contribution in [0, 0.1) is 5.82 Å². The Morgan fingerprint density at radius 3 is 2.86 bits per heavy atom. The Bertz CT molecular complexity index is 712. The monoisotopic (exact) mass is 307 g/mol. The molecule has 0 aliphatic carbocycles. The van der Waals surface area contributed by atoms with Gasteiger partial charge in [0.25, 0.3) is 5.91 Å². The van der Waals surface area contributed by atoms with Crippen LogP contribution in [0.2, 0.25) is 0 Å². The van der Waals surface area contributed by atoms with E-state index in [2.05, 4.69) is 0 Å². The number of rotatable bonds is 2. The van der Waals surface area contributed by atoms with Crippen molar-refractivity contribution in [2.24, 2.45) is 0 Å². The minimum absolute atomic E-state index is 0.274. The van der Waals surface area contributed by atoms with Crippen LogP contribution < -0.4 is 0 Å². The second kappa shape index (κ2) is 5.44. The number of hydrogen-bond donors (Lipinski definition) is 1. The number of fused-ring (bicyclic) bond motifs is 1. The Morgan fingerprint density at radius 1 is 1.29 bits per heavy atom. The molecule has 1 amide bonds. The maximum atomic E-state index is 13.2. The van der Waals surface area contributed by atoms with E-state index in [1.54, 1.807) is 12.1 Å². The van der Waals surface area contributed by atoms with Crippen molar-refractivity contribution in [2.75, 3.05) is 6.54 Å². The summed E-state index contributed by atoms with van der Waals surface area (Å²) in [5.41, 5.74) is 0. The Labute approximate surface area is 124 Å². The normalized spacial score (nSPS) is 18.9. The first-order chi connectivity index (χ1) is 10.1. The maximum Gasteiger partial charge on any atom is 0.326 e. The summed E-state index contributed by atoms with van der Waals surface area (Å²) >= 11 is 1.20. The topological polar surface area (TPSA) is 57.6 Å². The van der Waals surface area contributed by atoms with Gasteiger partial charge in [0.2, 0.25) is 0 Å². The van der Waals surface area contributed by atoms with E-state index in [0.29, 0.717) is 22.5 Å². The molecule has 110 valence electrons. The number of halogens is 1. The first-order valence-electron chi connectivity index (χ1n) is 6.79. The van der Waals surface area contributed by atoms with Crippen LogP contribution in [-0.4, -0.2) is 34.5 Å². The summed E-state index contributed by atoms with van der Waals surface area (Å²) in [6.45, 7) is 0.457. The van der Waals surface area contributed by atoms with Crippen molar-refractivity contribution in [1.82, 2.24) is 4.90 Å². The van der Waals surface area contributed by atoms with E-state index >= 15 is 0 Å². The van der Waals surface area contributed by atoms with Gasteiger partial charge >= 0.3 is 5.97 Å². The molecule has 2 heterocycles. The lowest BCUT2D eigenvalue weighted by molar-refractivity contribution is -0.143. The molecule has 3 rings (SSSR count). The smallest absolute Gasteiger partial charge is 0.326 e. The van der Waals surface area contributed by atoms with Crippen molar-refractivity contribution in [3.8, 4) is 0 Å². The minimum Gasteiger partial charge on any atom is -0.480 e. The number of aliphatic carboxylic acids is 1. The molecule has 1 saturated heterocycles. The molecule has 1 fully saturated rings. The van der Waals surface area contributed by atoms with Gasteiger partial charge in [0.1, 0.15) is 11.9 Å². The molecule has 2 aromatic rings. The molecule has 0 saturated carbocycles. The average molecular weight is 307 g/mol. The van der Waals surface area contributed by atoms with Crippen molar-refractivity contribution >= 4 is 33.3 Å². The fourth-order valence-electron chi connectivity index (χ4n) is 2.68. The number of likely N-dealkylation sites (tertiary alicyclic amines) is 1. The molecule has 1 aromatic carbocycles. The fraction of sp³-hybridized carbons (Fsp3) is 0.333. The number of hydrogen-bond acceptors (Lipinski definition) is 3. The molecule has 21 heavy (non-hydrogen) atoms. The largest absolute Gasteiger partial charge is 0.480 e. The van der Waals surface area contributed by atoms with Crippen LogP contribution in [0.5, 0.6) is 0 Å². The number of carboxylic acids is 1. The van der Waals surface area contributed by atoms with Gasteiger partial charge in [-0.2, -0.15) is 0 Å². The zero-order chi connectivity index (χ0) is 15.0. The summed E-state index contributed by atoms with van der Waals surface area (Å²) in [4.78, 5) is 25.7. The predicted octanol–water partition coefficient (Wildman–Crippen LogP) is 3.12. The molecule has 1 aliphatic heterocycles. The van der Waals surface area contributed by atoms with E-state index in [0.717, 1.165) is 18.2 Å². The number of carbonyl (C=O) groups is 2. The molecule has 0 unspecified atom stereocenters. The average Bonchev–Trinajstić information content (AvgIpc) is 2.89. The first-order valence-corrected chi connectivity index (χ1v) is 7.61. The number of thiophene rings is 1. The second-order valence-electron chi connectivity index (χ2n) is 5.14. The fourth-order valence-corrected chi connectivity index (χ4v) is 3.73. The van der Waals surface area contributed by atoms with Crippen molar-refractivity contribution < 1.29 is 19.1 Å². The Kier molecular flexibility index (Phi) is 3.63. The molecule has 1 aliphatic rings. The molecular formula is C15H14FNO3S. The van der Waals surface area contributed by atoms with Gasteiger partial charge in [-0.15, -0.1) is 11.3 Å². The van der Waals surface area contributed by atoms with Crippen LogP contribution >= 0.6 is 11.3 Å². The summed E-state index contributed by atoms with van der Waals surface area (Å²) in [5, 5.41) is 10.0. The third kappa shape index (κ3) is 2.63. The van der Waals surface area contributed by atoms with Crippen molar-refractivity contribution in [3.05, 3.63) is 35.0 Å². The molecule has 6 heteroatoms. The molecule has 0 spiro atoms. The number of carbonyl (C=O) groups excluding carboxylic acids is 1. The van der Waals surface area contributed by atoms with Gasteiger partial charge in [0.05, 0.1) is 4.88 Å². The van der Waals surface area contributed by atoms with Crippen LogP contribution in [-0.2, 0) is 4.79 Å². The highest BCUT2D eigenvalue weighted by Gasteiger charge is 2.33. The van der Waals surface area contributed by atoms with E-state index in [9.17, 15) is 19.1 Å². The third-order valence-electron chi connectivity index (χ3n) is 3.74. The molecular weight excluding hydrogens is 293 g/mol. The van der Waals surface area contributed by atoms with E-state index in [-0.39, 0.29) is 11.7 Å². The summed E-state index contributed by atoms with van der Waals surface area (Å²) < 4.78 is 13.9. The van der Waals surface area contributed by atoms with Gasteiger partial charge in [0.15, 0.2) is 0 Å². The summed E-state index contributed by atoms with van der Waals surface area (Å²) in [5.74, 6) is -1.58. The van der Waals surface area contributed by atoms with Crippen LogP contribution in [0.4, 0.5) is 4.39 Å². The highest BCUT2D eigenvalue weighted by Crippen LogP contribution is 2.29. The number of amides is 1. The van der Waals surface area contributed by atoms with Crippen LogP contribution in [0.15, 0.2) is 24.3 Å². The maximum absolute atomic E-state index is 13.2. The standard InChI is InChI=1S/C15H14FNO3S/c16-10-5-4-9-7-13(21-12(9)8-10)14(18)17-6-2-1-3-11(17)15(19)20/h4-5,7-8,11H,1-3,6H2,(H,19,20)/t11-/m0/s1. The third-order valence-corrected chi connectivity index (χ3v) is 4.83. The number of nitrogens with zero attached hydrogens (tertiary/aromatic N) is 1. The van der Waals surface area contributed by atoms with Crippen LogP contribution in [0.1, 0.15) is 28.9 Å². The Hall–Kier alpha value is -1.95. The second-order valence-corrected chi connectivity index (χ2v) is 6.22. The van der Waals surface area contributed by atoms with Crippen LogP contribution in [0.25, 0.3) is 10.1 Å². The Morgan fingerprint density at radius 2 is 2.10 bits per heavy atom. The van der Waals surface area contributed by atoms with Gasteiger partial charge in [-0.3, -0.25) is 4.79 Å². The van der Waals surface area contributed by atoms with Crippen molar-refractivity contribution in [3.63, 3.8) is 0 Å². The zero-order valence-electron chi connectivity index (χ0n) is 11.2. The Balaban J connectivity index is 1.93. The van der Waals surface area contributed by atoms with E-state index in [1.807, 2.05) is 0 Å². The first kappa shape index (κ1) is 14.0. The number of carboxylic acid groups (broad SMARTS) is 1. The summed E-state index contributed by atoms with van der Waals surface area (Å²) in [6, 6.07) is 5.32. The molecule has 1 aromatic heterocycles. The highest BCUT2D eigenvalue weighted by atomic mass is 32.1. The van der Waals surface area contributed by atoms with Gasteiger partial charge in [0, 0.05) is 11.2 Å².